The van der Waals surface area contributed by atoms with Crippen LogP contribution in [0, 0.1) is 0 Å². The van der Waals surface area contributed by atoms with Crippen molar-refractivity contribution in [3.8, 4) is 0 Å². The third-order valence-electron chi connectivity index (χ3n) is 4.71. The molecule has 2 aliphatic heterocycles. The summed E-state index contributed by atoms with van der Waals surface area (Å²) in [4.78, 5) is 11.5. The zero-order valence-corrected chi connectivity index (χ0v) is 15.3. The molecule has 7 N–H and O–H groups in total. The summed E-state index contributed by atoms with van der Waals surface area (Å²) >= 11 is 0. The molecule has 12 heteroatoms. The highest BCUT2D eigenvalue weighted by Crippen LogP contribution is 2.34. The van der Waals surface area contributed by atoms with Gasteiger partial charge in [0.1, 0.15) is 49.3 Å². The van der Waals surface area contributed by atoms with Gasteiger partial charge in [0.2, 0.25) is 5.79 Å². The smallest absolute Gasteiger partial charge is 0.305 e. The Kier molecular flexibility index (Phi) is 8.10. The van der Waals surface area contributed by atoms with Crippen molar-refractivity contribution in [3.63, 3.8) is 0 Å². The molecule has 0 aromatic heterocycles. The zero-order chi connectivity index (χ0) is 21.1. The Labute approximate surface area is 160 Å². The third kappa shape index (κ3) is 4.79. The van der Waals surface area contributed by atoms with E-state index in [-0.39, 0.29) is 6.42 Å². The normalized spacial score (nSPS) is 43.9. The van der Waals surface area contributed by atoms with Gasteiger partial charge in [0, 0.05) is 6.42 Å². The fraction of sp³-hybridized carbons (Fsp3) is 0.938. The molecule has 0 bridgehead atoms. The van der Waals surface area contributed by atoms with Crippen LogP contribution in [0.2, 0.25) is 0 Å². The lowest BCUT2D eigenvalue weighted by molar-refractivity contribution is -0.318. The number of hydrogen-bond donors (Lipinski definition) is 7. The number of carbonyl (C=O) groups is 1. The van der Waals surface area contributed by atoms with Crippen molar-refractivity contribution < 1.29 is 59.5 Å². The molecule has 2 aliphatic rings. The van der Waals surface area contributed by atoms with Gasteiger partial charge in [-0.05, 0) is 6.42 Å². The van der Waals surface area contributed by atoms with Gasteiger partial charge in [-0.25, -0.2) is 0 Å². The molecule has 1 unspecified atom stereocenters. The zero-order valence-electron chi connectivity index (χ0n) is 15.3. The summed E-state index contributed by atoms with van der Waals surface area (Å²) in [5, 5.41) is 69.2. The molecule has 2 saturated heterocycles. The van der Waals surface area contributed by atoms with Gasteiger partial charge in [-0.3, -0.25) is 4.79 Å². The number of esters is 1. The largest absolute Gasteiger partial charge is 0.460 e. The molecule has 0 spiro atoms. The first kappa shape index (κ1) is 23.3. The topological polar surface area (TPSA) is 196 Å². The predicted octanol–water partition coefficient (Wildman–Crippen LogP) is -4.04. The molecule has 0 aromatic rings. The maximum atomic E-state index is 11.5. The van der Waals surface area contributed by atoms with Crippen LogP contribution in [0.3, 0.4) is 0 Å². The van der Waals surface area contributed by atoms with Gasteiger partial charge >= 0.3 is 5.97 Å². The molecule has 2 fully saturated rings. The van der Waals surface area contributed by atoms with Crippen LogP contribution < -0.4 is 0 Å². The van der Waals surface area contributed by atoms with E-state index in [1.807, 2.05) is 0 Å². The van der Waals surface area contributed by atoms with Crippen molar-refractivity contribution in [2.75, 3.05) is 19.8 Å². The standard InChI is InChI=1S/C16H28O12/c1-2-3-9(19)25-6-16(24)14(23)13(8(5-18)28-16)27-15-12(22)11(21)10(20)7(4-17)26-15/h7-8,10-15,17-18,20-24H,2-6H2,1H3/t7-,8-,10+,11+,12-,13-,14+,15+,16?/m1/s1. The second kappa shape index (κ2) is 9.71. The highest BCUT2D eigenvalue weighted by atomic mass is 16.7. The Morgan fingerprint density at radius 3 is 2.25 bits per heavy atom. The highest BCUT2D eigenvalue weighted by molar-refractivity contribution is 5.69. The summed E-state index contributed by atoms with van der Waals surface area (Å²) in [7, 11) is 0. The van der Waals surface area contributed by atoms with Gasteiger partial charge in [0.15, 0.2) is 6.29 Å². The Morgan fingerprint density at radius 2 is 1.68 bits per heavy atom. The molecule has 2 heterocycles. The molecular formula is C16H28O12. The van der Waals surface area contributed by atoms with Crippen LogP contribution in [-0.2, 0) is 23.7 Å². The fourth-order valence-electron chi connectivity index (χ4n) is 3.08. The van der Waals surface area contributed by atoms with E-state index in [9.17, 15) is 40.5 Å². The van der Waals surface area contributed by atoms with Crippen molar-refractivity contribution in [1.82, 2.24) is 0 Å². The predicted molar refractivity (Wildman–Crippen MR) is 87.4 cm³/mol. The van der Waals surface area contributed by atoms with Crippen LogP contribution in [0.5, 0.6) is 0 Å². The molecule has 164 valence electrons. The van der Waals surface area contributed by atoms with Crippen LogP contribution in [0.25, 0.3) is 0 Å². The van der Waals surface area contributed by atoms with Crippen molar-refractivity contribution in [2.24, 2.45) is 0 Å². The summed E-state index contributed by atoms with van der Waals surface area (Å²) in [6, 6.07) is 0. The Hall–Kier alpha value is -0.930. The summed E-state index contributed by atoms with van der Waals surface area (Å²) in [5.74, 6) is -3.00. The van der Waals surface area contributed by atoms with Crippen LogP contribution >= 0.6 is 0 Å². The molecule has 0 saturated carbocycles. The summed E-state index contributed by atoms with van der Waals surface area (Å²) in [6.45, 7) is -0.360. The summed E-state index contributed by atoms with van der Waals surface area (Å²) in [6.07, 6.45) is -11.8. The average molecular weight is 412 g/mol. The van der Waals surface area contributed by atoms with Crippen LogP contribution in [0.15, 0.2) is 0 Å². The third-order valence-corrected chi connectivity index (χ3v) is 4.71. The lowest BCUT2D eigenvalue weighted by Gasteiger charge is -2.41. The minimum atomic E-state index is -2.38. The first-order chi connectivity index (χ1) is 13.2. The first-order valence-electron chi connectivity index (χ1n) is 8.99. The molecule has 9 atom stereocenters. The molecule has 0 amide bonds. The minimum Gasteiger partial charge on any atom is -0.460 e. The maximum absolute atomic E-state index is 11.5. The van der Waals surface area contributed by atoms with E-state index < -0.39 is 80.6 Å². The van der Waals surface area contributed by atoms with Gasteiger partial charge in [-0.1, -0.05) is 6.92 Å². The second-order valence-corrected chi connectivity index (χ2v) is 6.84. The second-order valence-electron chi connectivity index (χ2n) is 6.84. The summed E-state index contributed by atoms with van der Waals surface area (Å²) in [5.41, 5.74) is 0. The first-order valence-corrected chi connectivity index (χ1v) is 8.99. The summed E-state index contributed by atoms with van der Waals surface area (Å²) < 4.78 is 20.6. The van der Waals surface area contributed by atoms with E-state index in [1.165, 1.54) is 0 Å². The molecule has 0 aliphatic carbocycles. The van der Waals surface area contributed by atoms with Crippen molar-refractivity contribution >= 4 is 5.97 Å². The molecule has 12 nitrogen and oxygen atoms in total. The SMILES string of the molecule is CCCC(=O)OCC1(O)O[C@H](CO)[C@@H](O[C@@H]2O[C@H](CO)[C@H](O)[C@H](O)[C@H]2O)[C@@H]1O. The number of aliphatic hydroxyl groups excluding tert-OH is 6. The number of rotatable bonds is 8. The van der Waals surface area contributed by atoms with Gasteiger partial charge in [-0.15, -0.1) is 0 Å². The monoisotopic (exact) mass is 412 g/mol. The Morgan fingerprint density at radius 1 is 1.04 bits per heavy atom. The highest BCUT2D eigenvalue weighted by Gasteiger charge is 2.57. The van der Waals surface area contributed by atoms with E-state index >= 15 is 0 Å². The van der Waals surface area contributed by atoms with Gasteiger partial charge in [0.05, 0.1) is 13.2 Å². The number of aliphatic hydroxyl groups is 7. The van der Waals surface area contributed by atoms with Gasteiger partial charge in [0.25, 0.3) is 0 Å². The minimum absolute atomic E-state index is 0.0976. The number of carbonyl (C=O) groups excluding carboxylic acids is 1. The van der Waals surface area contributed by atoms with Gasteiger partial charge in [-0.2, -0.15) is 0 Å². The van der Waals surface area contributed by atoms with E-state index in [2.05, 4.69) is 0 Å². The van der Waals surface area contributed by atoms with E-state index in [0.29, 0.717) is 6.42 Å². The van der Waals surface area contributed by atoms with E-state index in [1.54, 1.807) is 6.92 Å². The van der Waals surface area contributed by atoms with Crippen LogP contribution in [0.4, 0.5) is 0 Å². The van der Waals surface area contributed by atoms with Crippen LogP contribution in [-0.4, -0.2) is 116 Å². The van der Waals surface area contributed by atoms with E-state index in [4.69, 9.17) is 18.9 Å². The molecule has 0 radical (unpaired) electrons. The maximum Gasteiger partial charge on any atom is 0.305 e. The van der Waals surface area contributed by atoms with Crippen molar-refractivity contribution in [1.29, 1.82) is 0 Å². The van der Waals surface area contributed by atoms with Gasteiger partial charge < -0.3 is 54.7 Å². The average Bonchev–Trinajstić information content (AvgIpc) is 2.91. The Balaban J connectivity index is 2.08. The molecular weight excluding hydrogens is 384 g/mol. The molecule has 0 aromatic carbocycles. The molecule has 2 rings (SSSR count). The Bertz CT molecular complexity index is 516. The van der Waals surface area contributed by atoms with Crippen molar-refractivity contribution in [2.45, 2.75) is 74.6 Å². The van der Waals surface area contributed by atoms with E-state index in [0.717, 1.165) is 0 Å². The number of ether oxygens (including phenoxy) is 4. The molecule has 28 heavy (non-hydrogen) atoms. The fourth-order valence-corrected chi connectivity index (χ4v) is 3.08. The number of hydrogen-bond acceptors (Lipinski definition) is 12. The lowest BCUT2D eigenvalue weighted by atomic mass is 9.99. The van der Waals surface area contributed by atoms with Crippen LogP contribution in [0.1, 0.15) is 19.8 Å². The lowest BCUT2D eigenvalue weighted by Crippen LogP contribution is -2.60. The quantitative estimate of drug-likeness (QED) is 0.191. The van der Waals surface area contributed by atoms with Crippen molar-refractivity contribution in [3.05, 3.63) is 0 Å².